The fourth-order valence-electron chi connectivity index (χ4n) is 5.24. The molecule has 1 atom stereocenters. The van der Waals surface area contributed by atoms with Crippen molar-refractivity contribution in [3.63, 3.8) is 0 Å². The summed E-state index contributed by atoms with van der Waals surface area (Å²) in [5.74, 6) is 0.717. The summed E-state index contributed by atoms with van der Waals surface area (Å²) < 4.78 is 10.9. The maximum atomic E-state index is 12.7. The van der Waals surface area contributed by atoms with Crippen LogP contribution in [0.25, 0.3) is 0 Å². The average Bonchev–Trinajstić information content (AvgIpc) is 2.83. The highest BCUT2D eigenvalue weighted by molar-refractivity contribution is 5.96. The standard InChI is InChI=1S/C29H32N2O4/c1-21(32)31-26-16-15-23(30-27(33)35-18-17-34-24-13-9-6-10-14-24)19-25(26)29(4,20-28(31,2)3)22-11-7-5-8-12-22/h5-16,19H,17-18,20H2,1-4H3,(H,30,33). The zero-order valence-electron chi connectivity index (χ0n) is 20.7. The van der Waals surface area contributed by atoms with Gasteiger partial charge < -0.3 is 14.4 Å². The molecule has 0 aliphatic carbocycles. The van der Waals surface area contributed by atoms with E-state index in [1.165, 1.54) is 0 Å². The van der Waals surface area contributed by atoms with Crippen molar-refractivity contribution in [1.29, 1.82) is 0 Å². The van der Waals surface area contributed by atoms with Crippen LogP contribution in [0.5, 0.6) is 5.75 Å². The van der Waals surface area contributed by atoms with Gasteiger partial charge in [-0.2, -0.15) is 0 Å². The first kappa shape index (κ1) is 24.3. The van der Waals surface area contributed by atoms with Gasteiger partial charge in [-0.1, -0.05) is 55.5 Å². The second-order valence-corrected chi connectivity index (χ2v) is 9.70. The van der Waals surface area contributed by atoms with E-state index in [1.54, 1.807) is 6.92 Å². The molecule has 0 aromatic heterocycles. The Morgan fingerprint density at radius 1 is 0.914 bits per heavy atom. The van der Waals surface area contributed by atoms with E-state index in [1.807, 2.05) is 71.6 Å². The lowest BCUT2D eigenvalue weighted by molar-refractivity contribution is -0.117. The SMILES string of the molecule is CC(=O)N1c2ccc(NC(=O)OCCOc3ccccc3)cc2C(C)(c2ccccc2)CC1(C)C. The number of anilines is 2. The van der Waals surface area contributed by atoms with Crippen LogP contribution in [-0.2, 0) is 14.9 Å². The largest absolute Gasteiger partial charge is 0.490 e. The van der Waals surface area contributed by atoms with E-state index in [0.29, 0.717) is 5.69 Å². The van der Waals surface area contributed by atoms with Crippen molar-refractivity contribution < 1.29 is 19.1 Å². The number of hydrogen-bond donors (Lipinski definition) is 1. The number of nitrogens with one attached hydrogen (secondary N) is 1. The molecule has 1 unspecified atom stereocenters. The third-order valence-corrected chi connectivity index (χ3v) is 6.52. The molecule has 35 heavy (non-hydrogen) atoms. The van der Waals surface area contributed by atoms with Gasteiger partial charge in [0.25, 0.3) is 0 Å². The fraction of sp³-hybridized carbons (Fsp3) is 0.310. The van der Waals surface area contributed by atoms with Gasteiger partial charge in [0.1, 0.15) is 19.0 Å². The zero-order chi connectivity index (χ0) is 25.1. The van der Waals surface area contributed by atoms with E-state index in [-0.39, 0.29) is 30.1 Å². The molecule has 182 valence electrons. The summed E-state index contributed by atoms with van der Waals surface area (Å²) in [5.41, 5.74) is 2.89. The van der Waals surface area contributed by atoms with Crippen LogP contribution in [0.15, 0.2) is 78.9 Å². The van der Waals surface area contributed by atoms with Crippen LogP contribution >= 0.6 is 0 Å². The lowest BCUT2D eigenvalue weighted by atomic mass is 9.65. The van der Waals surface area contributed by atoms with E-state index in [2.05, 4.69) is 38.2 Å². The number of fused-ring (bicyclic) bond motifs is 1. The predicted molar refractivity (Wildman–Crippen MR) is 138 cm³/mol. The summed E-state index contributed by atoms with van der Waals surface area (Å²) >= 11 is 0. The van der Waals surface area contributed by atoms with Gasteiger partial charge in [-0.3, -0.25) is 10.1 Å². The van der Waals surface area contributed by atoms with E-state index in [9.17, 15) is 9.59 Å². The number of para-hydroxylation sites is 1. The van der Waals surface area contributed by atoms with Gasteiger partial charge in [0.15, 0.2) is 0 Å². The van der Waals surface area contributed by atoms with E-state index in [0.717, 1.165) is 29.0 Å². The third-order valence-electron chi connectivity index (χ3n) is 6.52. The minimum atomic E-state index is -0.553. The van der Waals surface area contributed by atoms with E-state index < -0.39 is 6.09 Å². The number of ether oxygens (including phenoxy) is 2. The molecule has 0 fully saturated rings. The Labute approximate surface area is 206 Å². The van der Waals surface area contributed by atoms with Crippen LogP contribution in [-0.4, -0.2) is 30.8 Å². The minimum absolute atomic E-state index is 0.00935. The number of hydrogen-bond acceptors (Lipinski definition) is 4. The average molecular weight is 473 g/mol. The Kier molecular flexibility index (Phi) is 6.83. The Bertz CT molecular complexity index is 1190. The Morgan fingerprint density at radius 3 is 2.23 bits per heavy atom. The number of rotatable bonds is 6. The quantitative estimate of drug-likeness (QED) is 0.437. The highest BCUT2D eigenvalue weighted by atomic mass is 16.6. The maximum Gasteiger partial charge on any atom is 0.411 e. The summed E-state index contributed by atoms with van der Waals surface area (Å²) in [4.78, 5) is 27.0. The van der Waals surface area contributed by atoms with Crippen LogP contribution in [0.4, 0.5) is 16.2 Å². The summed E-state index contributed by atoms with van der Waals surface area (Å²) in [7, 11) is 0. The number of carbonyl (C=O) groups is 2. The van der Waals surface area contributed by atoms with Crippen molar-refractivity contribution in [1.82, 2.24) is 0 Å². The second-order valence-electron chi connectivity index (χ2n) is 9.70. The number of nitrogens with zero attached hydrogens (tertiary/aromatic N) is 1. The van der Waals surface area contributed by atoms with Crippen molar-refractivity contribution in [2.45, 2.75) is 45.1 Å². The lowest BCUT2D eigenvalue weighted by Gasteiger charge is -2.51. The molecule has 0 saturated heterocycles. The molecule has 6 nitrogen and oxygen atoms in total. The molecule has 0 bridgehead atoms. The first-order valence-corrected chi connectivity index (χ1v) is 11.8. The molecule has 1 aliphatic rings. The fourth-order valence-corrected chi connectivity index (χ4v) is 5.24. The van der Waals surface area contributed by atoms with Crippen molar-refractivity contribution in [2.75, 3.05) is 23.4 Å². The van der Waals surface area contributed by atoms with Crippen LogP contribution in [0.3, 0.4) is 0 Å². The molecular weight excluding hydrogens is 440 g/mol. The molecule has 1 heterocycles. The Balaban J connectivity index is 1.55. The topological polar surface area (TPSA) is 67.9 Å². The molecule has 3 aromatic rings. The molecule has 6 heteroatoms. The van der Waals surface area contributed by atoms with E-state index >= 15 is 0 Å². The van der Waals surface area contributed by atoms with Crippen molar-refractivity contribution in [3.8, 4) is 5.75 Å². The van der Waals surface area contributed by atoms with Crippen LogP contribution < -0.4 is 15.0 Å². The Hall–Kier alpha value is -3.80. The van der Waals surface area contributed by atoms with Gasteiger partial charge in [0.05, 0.1) is 0 Å². The summed E-state index contributed by atoms with van der Waals surface area (Å²) in [6, 6.07) is 25.3. The molecular formula is C29H32N2O4. The van der Waals surface area contributed by atoms with E-state index in [4.69, 9.17) is 9.47 Å². The highest BCUT2D eigenvalue weighted by Crippen LogP contribution is 2.51. The van der Waals surface area contributed by atoms with Crippen molar-refractivity contribution >= 4 is 23.4 Å². The molecule has 0 spiro atoms. The van der Waals surface area contributed by atoms with Crippen molar-refractivity contribution in [2.24, 2.45) is 0 Å². The lowest BCUT2D eigenvalue weighted by Crippen LogP contribution is -2.55. The Morgan fingerprint density at radius 2 is 1.57 bits per heavy atom. The summed E-state index contributed by atoms with van der Waals surface area (Å²) in [6.07, 6.45) is 0.184. The normalized spacial score (nSPS) is 18.3. The van der Waals surface area contributed by atoms with Crippen LogP contribution in [0, 0.1) is 0 Å². The predicted octanol–water partition coefficient (Wildman–Crippen LogP) is 6.16. The van der Waals surface area contributed by atoms with Crippen molar-refractivity contribution in [3.05, 3.63) is 90.0 Å². The van der Waals surface area contributed by atoms with Gasteiger partial charge >= 0.3 is 6.09 Å². The van der Waals surface area contributed by atoms with Gasteiger partial charge in [-0.25, -0.2) is 4.79 Å². The van der Waals surface area contributed by atoms with Crippen LogP contribution in [0.2, 0.25) is 0 Å². The molecule has 1 aliphatic heterocycles. The van der Waals surface area contributed by atoms with Gasteiger partial charge in [0.2, 0.25) is 5.91 Å². The monoisotopic (exact) mass is 472 g/mol. The van der Waals surface area contributed by atoms with Gasteiger partial charge in [-0.15, -0.1) is 0 Å². The minimum Gasteiger partial charge on any atom is -0.490 e. The highest BCUT2D eigenvalue weighted by Gasteiger charge is 2.47. The first-order chi connectivity index (χ1) is 16.7. The molecule has 4 rings (SSSR count). The molecule has 3 aromatic carbocycles. The van der Waals surface area contributed by atoms with Gasteiger partial charge in [0, 0.05) is 29.3 Å². The molecule has 0 saturated carbocycles. The summed E-state index contributed by atoms with van der Waals surface area (Å²) in [5, 5.41) is 2.82. The molecule has 1 N–H and O–H groups in total. The molecule has 2 amide bonds. The molecule has 0 radical (unpaired) electrons. The first-order valence-electron chi connectivity index (χ1n) is 11.8. The smallest absolute Gasteiger partial charge is 0.411 e. The number of carbonyl (C=O) groups excluding carboxylic acids is 2. The van der Waals surface area contributed by atoms with Crippen LogP contribution in [0.1, 0.15) is 45.2 Å². The number of amides is 2. The number of benzene rings is 3. The van der Waals surface area contributed by atoms with Gasteiger partial charge in [-0.05, 0) is 61.7 Å². The maximum absolute atomic E-state index is 12.7. The third kappa shape index (κ3) is 5.16. The zero-order valence-corrected chi connectivity index (χ0v) is 20.7. The summed E-state index contributed by atoms with van der Waals surface area (Å²) in [6.45, 7) is 8.37. The second kappa shape index (κ2) is 9.82.